The number of benzene rings is 2. The molecule has 0 aliphatic heterocycles. The predicted molar refractivity (Wildman–Crippen MR) is 111 cm³/mol. The maximum Gasteiger partial charge on any atom is 0.220 e. The van der Waals surface area contributed by atoms with Gasteiger partial charge in [0.1, 0.15) is 11.8 Å². The first kappa shape index (κ1) is 20.8. The van der Waals surface area contributed by atoms with Crippen molar-refractivity contribution in [3.05, 3.63) is 59.7 Å². The Morgan fingerprint density at radius 2 is 1.70 bits per heavy atom. The van der Waals surface area contributed by atoms with Gasteiger partial charge in [-0.1, -0.05) is 24.3 Å². The first-order valence-corrected chi connectivity index (χ1v) is 9.37. The molecule has 1 atom stereocenters. The summed E-state index contributed by atoms with van der Waals surface area (Å²) in [4.78, 5) is 15.7. The number of methoxy groups -OCH3 is 1. The molecule has 0 saturated heterocycles. The van der Waals surface area contributed by atoms with Crippen molar-refractivity contribution in [2.24, 2.45) is 0 Å². The molecule has 2 N–H and O–H groups in total. The molecule has 27 heavy (non-hydrogen) atoms. The maximum atomic E-state index is 12.3. The number of quaternary nitrogens is 1. The van der Waals surface area contributed by atoms with Gasteiger partial charge in [-0.05, 0) is 36.2 Å². The van der Waals surface area contributed by atoms with Crippen LogP contribution in [0.3, 0.4) is 0 Å². The molecule has 0 aliphatic carbocycles. The fraction of sp³-hybridized carbons (Fsp3) is 0.409. The van der Waals surface area contributed by atoms with Crippen molar-refractivity contribution in [3.8, 4) is 5.75 Å². The van der Waals surface area contributed by atoms with Crippen molar-refractivity contribution in [2.45, 2.75) is 18.9 Å². The summed E-state index contributed by atoms with van der Waals surface area (Å²) in [6.07, 6.45) is 1.22. The van der Waals surface area contributed by atoms with Crippen molar-refractivity contribution in [1.82, 2.24) is 5.32 Å². The van der Waals surface area contributed by atoms with Crippen LogP contribution in [0.1, 0.15) is 23.6 Å². The van der Waals surface area contributed by atoms with Crippen LogP contribution in [0.5, 0.6) is 5.75 Å². The Kier molecular flexibility index (Phi) is 7.67. The van der Waals surface area contributed by atoms with Gasteiger partial charge in [0.15, 0.2) is 0 Å². The molecule has 5 heteroatoms. The van der Waals surface area contributed by atoms with E-state index >= 15 is 0 Å². The zero-order chi connectivity index (χ0) is 19.8. The summed E-state index contributed by atoms with van der Waals surface area (Å²) >= 11 is 0. The minimum Gasteiger partial charge on any atom is -0.497 e. The lowest BCUT2D eigenvalue weighted by Gasteiger charge is -2.23. The second-order valence-corrected chi connectivity index (χ2v) is 7.27. The molecular formula is C22H32N3O2+. The summed E-state index contributed by atoms with van der Waals surface area (Å²) in [5.41, 5.74) is 3.55. The standard InChI is InChI=1S/C22H31N3O2/c1-24(2)19-11-9-18(10-12-19)21(25(3)4)16-23-22(26)15-8-17-6-13-20(27-5)14-7-17/h6-7,9-14,21H,8,15-16H2,1-5H3,(H,23,26)/p+1/t21-/m1/s1. The molecule has 0 spiro atoms. The molecule has 0 fully saturated rings. The molecule has 2 aromatic carbocycles. The molecule has 0 saturated carbocycles. The van der Waals surface area contributed by atoms with E-state index in [-0.39, 0.29) is 11.9 Å². The lowest BCUT2D eigenvalue weighted by atomic mass is 10.0. The topological polar surface area (TPSA) is 46.0 Å². The van der Waals surface area contributed by atoms with E-state index in [4.69, 9.17) is 4.74 Å². The number of carbonyl (C=O) groups excluding carboxylic acids is 1. The largest absolute Gasteiger partial charge is 0.497 e. The Morgan fingerprint density at radius 1 is 1.07 bits per heavy atom. The van der Waals surface area contributed by atoms with Gasteiger partial charge in [-0.15, -0.1) is 0 Å². The second kappa shape index (κ2) is 9.97. The average Bonchev–Trinajstić information content (AvgIpc) is 2.67. The Hall–Kier alpha value is -2.53. The minimum absolute atomic E-state index is 0.0852. The van der Waals surface area contributed by atoms with Crippen molar-refractivity contribution in [1.29, 1.82) is 0 Å². The Morgan fingerprint density at radius 3 is 2.22 bits per heavy atom. The molecule has 146 valence electrons. The summed E-state index contributed by atoms with van der Waals surface area (Å²) in [5, 5.41) is 3.10. The average molecular weight is 371 g/mol. The van der Waals surface area contributed by atoms with Crippen LogP contribution in [0.15, 0.2) is 48.5 Å². The monoisotopic (exact) mass is 370 g/mol. The van der Waals surface area contributed by atoms with Gasteiger partial charge in [0, 0.05) is 31.8 Å². The predicted octanol–water partition coefficient (Wildman–Crippen LogP) is 1.70. The molecule has 0 heterocycles. The molecule has 0 aliphatic rings. The van der Waals surface area contributed by atoms with Gasteiger partial charge in [0.05, 0.1) is 27.7 Å². The quantitative estimate of drug-likeness (QED) is 0.706. The normalized spacial score (nSPS) is 11.9. The minimum atomic E-state index is 0.0852. The van der Waals surface area contributed by atoms with Crippen molar-refractivity contribution in [3.63, 3.8) is 0 Å². The maximum absolute atomic E-state index is 12.3. The second-order valence-electron chi connectivity index (χ2n) is 7.27. The highest BCUT2D eigenvalue weighted by molar-refractivity contribution is 5.76. The van der Waals surface area contributed by atoms with Gasteiger partial charge < -0.3 is 19.9 Å². The number of hydrogen-bond acceptors (Lipinski definition) is 3. The van der Waals surface area contributed by atoms with E-state index in [1.807, 2.05) is 38.4 Å². The van der Waals surface area contributed by atoms with Gasteiger partial charge in [0.25, 0.3) is 0 Å². The van der Waals surface area contributed by atoms with Crippen LogP contribution in [0.25, 0.3) is 0 Å². The highest BCUT2D eigenvalue weighted by Crippen LogP contribution is 2.16. The molecule has 2 aromatic rings. The molecule has 0 radical (unpaired) electrons. The SMILES string of the molecule is COc1ccc(CCC(=O)NC[C@H](c2ccc(N(C)C)cc2)[NH+](C)C)cc1. The van der Waals surface area contributed by atoms with E-state index in [0.717, 1.165) is 17.7 Å². The Balaban J connectivity index is 1.87. The van der Waals surface area contributed by atoms with Crippen LogP contribution in [0.2, 0.25) is 0 Å². The molecule has 0 bridgehead atoms. The molecular weight excluding hydrogens is 338 g/mol. The summed E-state index contributed by atoms with van der Waals surface area (Å²) in [6.45, 7) is 0.630. The Labute approximate surface area is 162 Å². The van der Waals surface area contributed by atoms with Crippen LogP contribution < -0.4 is 19.9 Å². The number of carbonyl (C=O) groups is 1. The van der Waals surface area contributed by atoms with Crippen molar-refractivity contribution >= 4 is 11.6 Å². The van der Waals surface area contributed by atoms with E-state index in [1.165, 1.54) is 16.2 Å². The summed E-state index contributed by atoms with van der Waals surface area (Å²) < 4.78 is 5.16. The van der Waals surface area contributed by atoms with Crippen LogP contribution in [0.4, 0.5) is 5.69 Å². The number of hydrogen-bond donors (Lipinski definition) is 2. The molecule has 5 nitrogen and oxygen atoms in total. The van der Waals surface area contributed by atoms with Crippen molar-refractivity contribution < 1.29 is 14.4 Å². The fourth-order valence-electron chi connectivity index (χ4n) is 3.01. The fourth-order valence-corrected chi connectivity index (χ4v) is 3.01. The third-order valence-electron chi connectivity index (χ3n) is 4.81. The smallest absolute Gasteiger partial charge is 0.220 e. The third kappa shape index (κ3) is 6.29. The lowest BCUT2D eigenvalue weighted by Crippen LogP contribution is -3.07. The number of amides is 1. The molecule has 0 unspecified atom stereocenters. The van der Waals surface area contributed by atoms with Gasteiger partial charge in [-0.25, -0.2) is 0 Å². The van der Waals surface area contributed by atoms with Gasteiger partial charge in [-0.2, -0.15) is 0 Å². The van der Waals surface area contributed by atoms with Crippen LogP contribution in [0, 0.1) is 0 Å². The number of ether oxygens (including phenoxy) is 1. The van der Waals surface area contributed by atoms with Crippen LogP contribution in [-0.4, -0.2) is 47.8 Å². The summed E-state index contributed by atoms with van der Waals surface area (Å²) in [5.74, 6) is 0.919. The van der Waals surface area contributed by atoms with E-state index in [0.29, 0.717) is 13.0 Å². The zero-order valence-corrected chi connectivity index (χ0v) is 17.1. The molecule has 0 aromatic heterocycles. The van der Waals surface area contributed by atoms with Crippen molar-refractivity contribution in [2.75, 3.05) is 46.7 Å². The highest BCUT2D eigenvalue weighted by atomic mass is 16.5. The number of aryl methyl sites for hydroxylation is 1. The first-order chi connectivity index (χ1) is 12.9. The zero-order valence-electron chi connectivity index (χ0n) is 17.1. The number of anilines is 1. The van der Waals surface area contributed by atoms with Crippen LogP contribution >= 0.6 is 0 Å². The van der Waals surface area contributed by atoms with E-state index < -0.39 is 0 Å². The number of likely N-dealkylation sites (N-methyl/N-ethyl adjacent to an activating group) is 1. The Bertz CT molecular complexity index is 709. The van der Waals surface area contributed by atoms with E-state index in [9.17, 15) is 4.79 Å². The lowest BCUT2D eigenvalue weighted by molar-refractivity contribution is -0.890. The number of nitrogens with one attached hydrogen (secondary N) is 2. The van der Waals surface area contributed by atoms with Gasteiger partial charge >= 0.3 is 0 Å². The highest BCUT2D eigenvalue weighted by Gasteiger charge is 2.18. The van der Waals surface area contributed by atoms with E-state index in [1.54, 1.807) is 7.11 Å². The summed E-state index contributed by atoms with van der Waals surface area (Å²) in [7, 11) is 9.96. The van der Waals surface area contributed by atoms with Gasteiger partial charge in [-0.3, -0.25) is 4.79 Å². The summed E-state index contributed by atoms with van der Waals surface area (Å²) in [6, 6.07) is 16.6. The molecule has 2 rings (SSSR count). The molecule has 1 amide bonds. The van der Waals surface area contributed by atoms with Gasteiger partial charge in [0.2, 0.25) is 5.91 Å². The van der Waals surface area contributed by atoms with Crippen LogP contribution in [-0.2, 0) is 11.2 Å². The first-order valence-electron chi connectivity index (χ1n) is 9.37. The van der Waals surface area contributed by atoms with E-state index in [2.05, 4.69) is 48.6 Å². The third-order valence-corrected chi connectivity index (χ3v) is 4.81. The number of nitrogens with zero attached hydrogens (tertiary/aromatic N) is 1. The number of rotatable bonds is 9.